The molecule has 0 aromatic heterocycles. The fourth-order valence-electron chi connectivity index (χ4n) is 3.07. The number of benzene rings is 1. The number of rotatable bonds is 15. The molecule has 0 saturated carbocycles. The van der Waals surface area contributed by atoms with E-state index in [2.05, 4.69) is 19.1 Å². The first kappa shape index (κ1) is 21.9. The summed E-state index contributed by atoms with van der Waals surface area (Å²) in [6.07, 6.45) is 16.6. The van der Waals surface area contributed by atoms with Crippen molar-refractivity contribution in [2.24, 2.45) is 0 Å². The highest BCUT2D eigenvalue weighted by molar-refractivity contribution is 5.14. The third-order valence-corrected chi connectivity index (χ3v) is 4.73. The molecule has 0 saturated heterocycles. The lowest BCUT2D eigenvalue weighted by molar-refractivity contribution is 0.166. The Labute approximate surface area is 155 Å². The van der Waals surface area contributed by atoms with Crippen molar-refractivity contribution in [1.82, 2.24) is 0 Å². The van der Waals surface area contributed by atoms with Crippen molar-refractivity contribution in [1.29, 1.82) is 0 Å². The molecule has 2 heteroatoms. The highest BCUT2D eigenvalue weighted by atomic mass is 16.3. The van der Waals surface area contributed by atoms with Gasteiger partial charge in [-0.2, -0.15) is 0 Å². The van der Waals surface area contributed by atoms with Crippen molar-refractivity contribution in [2.75, 3.05) is 0 Å². The summed E-state index contributed by atoms with van der Waals surface area (Å²) < 4.78 is 0. The highest BCUT2D eigenvalue weighted by Gasteiger charge is 2.04. The van der Waals surface area contributed by atoms with Gasteiger partial charge in [0.05, 0.1) is 12.2 Å². The Morgan fingerprint density at radius 3 is 2.16 bits per heavy atom. The Balaban J connectivity index is 1.99. The second-order valence-corrected chi connectivity index (χ2v) is 7.17. The minimum Gasteiger partial charge on any atom is -0.393 e. The summed E-state index contributed by atoms with van der Waals surface area (Å²) in [4.78, 5) is 0. The van der Waals surface area contributed by atoms with E-state index >= 15 is 0 Å². The van der Waals surface area contributed by atoms with Gasteiger partial charge in [0, 0.05) is 0 Å². The first-order valence-corrected chi connectivity index (χ1v) is 10.3. The van der Waals surface area contributed by atoms with Crippen molar-refractivity contribution in [3.8, 4) is 0 Å². The monoisotopic (exact) mass is 346 g/mol. The third kappa shape index (κ3) is 12.8. The van der Waals surface area contributed by atoms with Gasteiger partial charge >= 0.3 is 0 Å². The van der Waals surface area contributed by atoms with E-state index in [0.29, 0.717) is 6.42 Å². The second kappa shape index (κ2) is 15.2. The lowest BCUT2D eigenvalue weighted by atomic mass is 10.0. The van der Waals surface area contributed by atoms with Crippen molar-refractivity contribution in [3.63, 3.8) is 0 Å². The predicted octanol–water partition coefficient (Wildman–Crippen LogP) is 5.82. The van der Waals surface area contributed by atoms with E-state index in [1.807, 2.05) is 30.4 Å². The first-order valence-electron chi connectivity index (χ1n) is 10.3. The van der Waals surface area contributed by atoms with Crippen LogP contribution in [0.1, 0.15) is 83.1 Å². The molecule has 0 heterocycles. The van der Waals surface area contributed by atoms with Crippen LogP contribution in [-0.2, 0) is 6.42 Å². The maximum absolute atomic E-state index is 10.0. The SMILES string of the molecule is CCCCCCCCCC[C@H](O)/C=C/C[C@@H](O)CCc1ccccc1. The molecular formula is C23H38O2. The van der Waals surface area contributed by atoms with Crippen molar-refractivity contribution in [2.45, 2.75) is 96.2 Å². The molecule has 2 atom stereocenters. The molecule has 0 unspecified atom stereocenters. The molecule has 142 valence electrons. The van der Waals surface area contributed by atoms with Gasteiger partial charge in [0.2, 0.25) is 0 Å². The van der Waals surface area contributed by atoms with E-state index in [9.17, 15) is 10.2 Å². The number of hydrogen-bond acceptors (Lipinski definition) is 2. The lowest BCUT2D eigenvalue weighted by Crippen LogP contribution is -2.07. The predicted molar refractivity (Wildman–Crippen MR) is 108 cm³/mol. The zero-order valence-corrected chi connectivity index (χ0v) is 16.1. The largest absolute Gasteiger partial charge is 0.393 e. The van der Waals surface area contributed by atoms with Crippen LogP contribution in [0.25, 0.3) is 0 Å². The van der Waals surface area contributed by atoms with Gasteiger partial charge in [-0.05, 0) is 31.2 Å². The average Bonchev–Trinajstić information content (AvgIpc) is 2.63. The minimum absolute atomic E-state index is 0.327. The average molecular weight is 347 g/mol. The first-order chi connectivity index (χ1) is 12.2. The molecule has 2 nitrogen and oxygen atoms in total. The second-order valence-electron chi connectivity index (χ2n) is 7.17. The van der Waals surface area contributed by atoms with E-state index < -0.39 is 0 Å². The summed E-state index contributed by atoms with van der Waals surface area (Å²) in [6, 6.07) is 10.3. The summed E-state index contributed by atoms with van der Waals surface area (Å²) in [6.45, 7) is 2.25. The summed E-state index contributed by atoms with van der Waals surface area (Å²) in [7, 11) is 0. The third-order valence-electron chi connectivity index (χ3n) is 4.73. The Morgan fingerprint density at radius 2 is 1.48 bits per heavy atom. The minimum atomic E-state index is -0.360. The molecule has 0 aliphatic rings. The summed E-state index contributed by atoms with van der Waals surface area (Å²) in [5.41, 5.74) is 1.26. The Kier molecular flexibility index (Phi) is 13.3. The van der Waals surface area contributed by atoms with Crippen molar-refractivity contribution >= 4 is 0 Å². The molecule has 0 radical (unpaired) electrons. The maximum Gasteiger partial charge on any atom is 0.0720 e. The maximum atomic E-state index is 10.0. The molecule has 1 rings (SSSR count). The fourth-order valence-corrected chi connectivity index (χ4v) is 3.07. The van der Waals surface area contributed by atoms with Crippen LogP contribution in [0.3, 0.4) is 0 Å². The molecule has 25 heavy (non-hydrogen) atoms. The topological polar surface area (TPSA) is 40.5 Å². The molecular weight excluding hydrogens is 308 g/mol. The summed E-state index contributed by atoms with van der Waals surface area (Å²) >= 11 is 0. The standard InChI is InChI=1S/C23H38O2/c1-2-3-4-5-6-7-8-12-16-22(24)17-13-18-23(25)20-19-21-14-10-9-11-15-21/h9-11,13-15,17,22-25H,2-8,12,16,18-20H2,1H3/b17-13+/t22-,23+/m0/s1. The van der Waals surface area contributed by atoms with Crippen LogP contribution >= 0.6 is 0 Å². The number of hydrogen-bond donors (Lipinski definition) is 2. The molecule has 0 fully saturated rings. The smallest absolute Gasteiger partial charge is 0.0720 e. The molecule has 0 bridgehead atoms. The van der Waals surface area contributed by atoms with E-state index in [1.165, 1.54) is 50.5 Å². The molecule has 1 aromatic carbocycles. The molecule has 0 aliphatic heterocycles. The van der Waals surface area contributed by atoms with Gasteiger partial charge in [-0.1, -0.05) is 101 Å². The molecule has 1 aromatic rings. The Morgan fingerprint density at radius 1 is 0.840 bits per heavy atom. The van der Waals surface area contributed by atoms with Crippen molar-refractivity contribution < 1.29 is 10.2 Å². The zero-order valence-electron chi connectivity index (χ0n) is 16.1. The van der Waals surface area contributed by atoms with Crippen LogP contribution in [0.5, 0.6) is 0 Å². The molecule has 0 amide bonds. The zero-order chi connectivity index (χ0) is 18.2. The van der Waals surface area contributed by atoms with Crippen LogP contribution in [0.15, 0.2) is 42.5 Å². The van der Waals surface area contributed by atoms with E-state index in [1.54, 1.807) is 0 Å². The quantitative estimate of drug-likeness (QED) is 0.310. The van der Waals surface area contributed by atoms with Gasteiger partial charge in [-0.3, -0.25) is 0 Å². The highest BCUT2D eigenvalue weighted by Crippen LogP contribution is 2.12. The van der Waals surface area contributed by atoms with E-state index in [-0.39, 0.29) is 12.2 Å². The lowest BCUT2D eigenvalue weighted by Gasteiger charge is -2.09. The van der Waals surface area contributed by atoms with Gasteiger partial charge in [-0.15, -0.1) is 0 Å². The molecule has 0 aliphatic carbocycles. The summed E-state index contributed by atoms with van der Waals surface area (Å²) in [5.74, 6) is 0. The molecule has 2 N–H and O–H groups in total. The van der Waals surface area contributed by atoms with Crippen LogP contribution in [-0.4, -0.2) is 22.4 Å². The summed E-state index contributed by atoms with van der Waals surface area (Å²) in [5, 5.41) is 20.0. The van der Waals surface area contributed by atoms with E-state index in [4.69, 9.17) is 0 Å². The number of aliphatic hydroxyl groups is 2. The van der Waals surface area contributed by atoms with Crippen LogP contribution in [0.2, 0.25) is 0 Å². The van der Waals surface area contributed by atoms with Gasteiger partial charge in [0.1, 0.15) is 0 Å². The van der Waals surface area contributed by atoms with Crippen LogP contribution < -0.4 is 0 Å². The van der Waals surface area contributed by atoms with Gasteiger partial charge < -0.3 is 10.2 Å². The Bertz CT molecular complexity index is 427. The molecule has 0 spiro atoms. The van der Waals surface area contributed by atoms with E-state index in [0.717, 1.165) is 25.7 Å². The Hall–Kier alpha value is -1.12. The van der Waals surface area contributed by atoms with Crippen molar-refractivity contribution in [3.05, 3.63) is 48.0 Å². The number of aryl methyl sites for hydroxylation is 1. The van der Waals surface area contributed by atoms with Gasteiger partial charge in [0.25, 0.3) is 0 Å². The van der Waals surface area contributed by atoms with Gasteiger partial charge in [0.15, 0.2) is 0 Å². The number of unbranched alkanes of at least 4 members (excludes halogenated alkanes) is 7. The van der Waals surface area contributed by atoms with Crippen LogP contribution in [0, 0.1) is 0 Å². The van der Waals surface area contributed by atoms with Crippen LogP contribution in [0.4, 0.5) is 0 Å². The normalized spacial score (nSPS) is 14.0. The number of aliphatic hydroxyl groups excluding tert-OH is 2. The van der Waals surface area contributed by atoms with Gasteiger partial charge in [-0.25, -0.2) is 0 Å². The fraction of sp³-hybridized carbons (Fsp3) is 0.652.